The van der Waals surface area contributed by atoms with Crippen LogP contribution in [0.4, 0.5) is 19.7 Å². The molecule has 0 aromatic heterocycles. The monoisotopic (exact) mass is 508 g/mol. The van der Waals surface area contributed by atoms with Crippen LogP contribution in [0.1, 0.15) is 49.3 Å². The number of quaternary nitrogens is 1. The maximum absolute atomic E-state index is 14.8. The summed E-state index contributed by atoms with van der Waals surface area (Å²) in [6.07, 6.45) is 2.99. The second-order valence-corrected chi connectivity index (χ2v) is 11.0. The number of hydrogen-bond acceptors (Lipinski definition) is 3. The molecule has 6 rings (SSSR count). The zero-order valence-electron chi connectivity index (χ0n) is 20.5. The normalized spacial score (nSPS) is 28.7. The summed E-state index contributed by atoms with van der Waals surface area (Å²) in [4.78, 5) is 41.8. The fourth-order valence-corrected chi connectivity index (χ4v) is 6.97. The van der Waals surface area contributed by atoms with Crippen molar-refractivity contribution in [3.05, 3.63) is 65.5 Å². The van der Waals surface area contributed by atoms with Gasteiger partial charge in [0.05, 0.1) is 12.0 Å². The maximum atomic E-state index is 14.8. The van der Waals surface area contributed by atoms with Crippen LogP contribution < -0.4 is 4.48 Å². The lowest BCUT2D eigenvalue weighted by Gasteiger charge is -2.51. The Morgan fingerprint density at radius 1 is 1.00 bits per heavy atom. The Balaban J connectivity index is 1.47. The molecule has 2 aromatic carbocycles. The first-order valence-electron chi connectivity index (χ1n) is 13.1. The number of carboxylic acids is 1. The summed E-state index contributed by atoms with van der Waals surface area (Å²) in [7, 11) is 0. The summed E-state index contributed by atoms with van der Waals surface area (Å²) < 4.78 is 14.5. The number of aliphatic carboxylic acids is 1. The predicted octanol–water partition coefficient (Wildman–Crippen LogP) is 4.84. The molecule has 2 N–H and O–H groups in total. The van der Waals surface area contributed by atoms with Gasteiger partial charge in [0.2, 0.25) is 0 Å². The smallest absolute Gasteiger partial charge is 0.481 e. The average molecular weight is 509 g/mol. The molecule has 194 valence electrons. The number of carbonyl (C=O) groups excluding carboxylic acids is 1. The van der Waals surface area contributed by atoms with Crippen molar-refractivity contribution in [1.82, 2.24) is 14.3 Å². The van der Waals surface area contributed by atoms with E-state index in [1.54, 1.807) is 11.0 Å². The predicted molar refractivity (Wildman–Crippen MR) is 133 cm³/mol. The van der Waals surface area contributed by atoms with Gasteiger partial charge in [-0.2, -0.15) is 9.28 Å². The first-order chi connectivity index (χ1) is 17.8. The van der Waals surface area contributed by atoms with Crippen molar-refractivity contribution in [2.75, 3.05) is 13.1 Å². The van der Waals surface area contributed by atoms with Crippen molar-refractivity contribution in [3.8, 4) is 0 Å². The number of amides is 3. The molecule has 1 saturated heterocycles. The zero-order chi connectivity index (χ0) is 25.9. The summed E-state index contributed by atoms with van der Waals surface area (Å²) in [6.45, 7) is 0.571. The van der Waals surface area contributed by atoms with E-state index in [2.05, 4.69) is 0 Å². The Bertz CT molecular complexity index is 1250. The number of benzene rings is 2. The van der Waals surface area contributed by atoms with Crippen LogP contribution in [0.5, 0.6) is 0 Å². The number of hydrogen-bond donors (Lipinski definition) is 2. The van der Waals surface area contributed by atoms with E-state index < -0.39 is 29.8 Å². The molecule has 0 radical (unpaired) electrons. The van der Waals surface area contributed by atoms with Gasteiger partial charge in [0.1, 0.15) is 24.1 Å². The van der Waals surface area contributed by atoms with E-state index in [4.69, 9.17) is 0 Å². The van der Waals surface area contributed by atoms with E-state index in [1.165, 1.54) is 12.1 Å². The minimum Gasteiger partial charge on any atom is -0.481 e. The van der Waals surface area contributed by atoms with Crippen molar-refractivity contribution in [3.63, 3.8) is 0 Å². The van der Waals surface area contributed by atoms with Crippen molar-refractivity contribution in [2.24, 2.45) is 11.8 Å². The Morgan fingerprint density at radius 3 is 2.38 bits per heavy atom. The second-order valence-electron chi connectivity index (χ2n) is 11.0. The van der Waals surface area contributed by atoms with Crippen LogP contribution in [0.25, 0.3) is 0 Å². The van der Waals surface area contributed by atoms with Gasteiger partial charge in [0.25, 0.3) is 0 Å². The Morgan fingerprint density at radius 2 is 1.73 bits per heavy atom. The van der Waals surface area contributed by atoms with E-state index in [1.807, 2.05) is 35.2 Å². The molecule has 4 aliphatic rings. The lowest BCUT2D eigenvalue weighted by Crippen LogP contribution is -2.66. The number of carbonyl (C=O) groups is 3. The molecule has 4 atom stereocenters. The van der Waals surface area contributed by atoms with Gasteiger partial charge in [-0.25, -0.2) is 9.18 Å². The summed E-state index contributed by atoms with van der Waals surface area (Å²) in [6, 6.07) is 12.9. The number of nitrogens with zero attached hydrogens (tertiary/aromatic N) is 3. The third-order valence-corrected chi connectivity index (χ3v) is 8.82. The topological polar surface area (TPSA) is 98.2 Å². The van der Waals surface area contributed by atoms with Crippen LogP contribution in [-0.2, 0) is 11.3 Å². The number of halogens is 1. The Hall–Kier alpha value is -3.46. The number of fused-ring (bicyclic) bond motifs is 2. The lowest BCUT2D eigenvalue weighted by molar-refractivity contribution is -0.146. The largest absolute Gasteiger partial charge is 0.519 e. The van der Waals surface area contributed by atoms with Crippen LogP contribution in [0.15, 0.2) is 48.5 Å². The molecular weight excluding hydrogens is 477 g/mol. The standard InChI is InChI=1S/C28H30FN3O5/c29-19-9-12-24-22(13-19)25(31(20-10-11-20)27(35)30-14-18(15-30)26(33)34)21-7-4-8-23(21)32(24,28(36)37)16-17-5-2-1-3-6-17/h1-3,5-6,9,12-13,18,20-21,23,25H,4,7-8,10-11,14-16H2,(H-,33,34,36,37)/p+1/t21-,23-,25+,32?/m0/s1. The third-order valence-electron chi connectivity index (χ3n) is 8.82. The third kappa shape index (κ3) is 3.79. The van der Waals surface area contributed by atoms with E-state index >= 15 is 0 Å². The summed E-state index contributed by atoms with van der Waals surface area (Å²) in [5, 5.41) is 20.1. The quantitative estimate of drug-likeness (QED) is 0.564. The van der Waals surface area contributed by atoms with Gasteiger partial charge >= 0.3 is 18.1 Å². The molecule has 0 spiro atoms. The molecule has 8 nitrogen and oxygen atoms in total. The minimum atomic E-state index is -0.969. The van der Waals surface area contributed by atoms with Crippen LogP contribution in [0, 0.1) is 17.7 Å². The Kier molecular flexibility index (Phi) is 5.71. The van der Waals surface area contributed by atoms with E-state index in [0.717, 1.165) is 31.2 Å². The number of likely N-dealkylation sites (tertiary alicyclic amines) is 1. The fraction of sp³-hybridized carbons (Fsp3) is 0.464. The van der Waals surface area contributed by atoms with Crippen molar-refractivity contribution in [1.29, 1.82) is 0 Å². The molecule has 2 aliphatic heterocycles. The Labute approximate surface area is 214 Å². The maximum Gasteiger partial charge on any atom is 0.519 e. The lowest BCUT2D eigenvalue weighted by atomic mass is 9.79. The fourth-order valence-electron chi connectivity index (χ4n) is 6.97. The molecule has 0 bridgehead atoms. The summed E-state index contributed by atoms with van der Waals surface area (Å²) in [5.41, 5.74) is 1.99. The molecule has 2 aromatic rings. The van der Waals surface area contributed by atoms with Gasteiger partial charge in [-0.15, -0.1) is 0 Å². The van der Waals surface area contributed by atoms with E-state index in [9.17, 15) is 29.0 Å². The van der Waals surface area contributed by atoms with Crippen molar-refractivity contribution in [2.45, 2.75) is 56.8 Å². The average Bonchev–Trinajstić information content (AvgIpc) is 3.55. The van der Waals surface area contributed by atoms with Crippen molar-refractivity contribution >= 4 is 23.8 Å². The van der Waals surface area contributed by atoms with Crippen LogP contribution in [-0.4, -0.2) is 63.3 Å². The van der Waals surface area contributed by atoms with Crippen LogP contribution in [0.2, 0.25) is 0 Å². The number of carboxylic acid groups (broad SMARTS) is 2. The van der Waals surface area contributed by atoms with E-state index in [0.29, 0.717) is 17.7 Å². The number of urea groups is 1. The zero-order valence-corrected chi connectivity index (χ0v) is 20.5. The molecule has 1 unspecified atom stereocenters. The van der Waals surface area contributed by atoms with Gasteiger partial charge in [-0.1, -0.05) is 30.3 Å². The molecule has 2 heterocycles. The highest BCUT2D eigenvalue weighted by atomic mass is 19.1. The molecular formula is C28H31FN3O5+. The summed E-state index contributed by atoms with van der Waals surface area (Å²) in [5.74, 6) is -2.08. The van der Waals surface area contributed by atoms with Crippen LogP contribution in [0.3, 0.4) is 0 Å². The molecule has 2 saturated carbocycles. The van der Waals surface area contributed by atoms with Gasteiger partial charge in [-0.3, -0.25) is 4.79 Å². The molecule has 3 fully saturated rings. The molecule has 37 heavy (non-hydrogen) atoms. The van der Waals surface area contributed by atoms with Gasteiger partial charge in [-0.05, 0) is 37.8 Å². The van der Waals surface area contributed by atoms with Crippen LogP contribution >= 0.6 is 0 Å². The SMILES string of the molecule is O=C(O)C1CN(C(=O)N(C2CC2)[C@H]2c3cc(F)ccc3[N+](Cc3ccccc3)(C(=O)O)[C@H]3CCC[C@H]23)C1. The number of rotatable bonds is 5. The van der Waals surface area contributed by atoms with E-state index in [-0.39, 0.29) is 48.2 Å². The minimum absolute atomic E-state index is 0.00213. The molecule has 2 aliphatic carbocycles. The highest BCUT2D eigenvalue weighted by Crippen LogP contribution is 2.56. The molecule has 3 amide bonds. The second kappa shape index (κ2) is 8.83. The highest BCUT2D eigenvalue weighted by molar-refractivity contribution is 5.85. The summed E-state index contributed by atoms with van der Waals surface area (Å²) >= 11 is 0. The van der Waals surface area contributed by atoms with Gasteiger partial charge in [0.15, 0.2) is 0 Å². The first-order valence-corrected chi connectivity index (χ1v) is 13.1. The first kappa shape index (κ1) is 23.9. The van der Waals surface area contributed by atoms with Gasteiger partial charge in [0, 0.05) is 48.7 Å². The molecule has 9 heteroatoms. The van der Waals surface area contributed by atoms with Gasteiger partial charge < -0.3 is 20.0 Å². The highest BCUT2D eigenvalue weighted by Gasteiger charge is 2.62. The van der Waals surface area contributed by atoms with Crippen molar-refractivity contribution < 1.29 is 29.0 Å².